The van der Waals surface area contributed by atoms with Crippen molar-refractivity contribution >= 4 is 37.6 Å². The van der Waals surface area contributed by atoms with E-state index in [9.17, 15) is 13.0 Å². The molecular weight excluding hydrogens is 394 g/mol. The first-order chi connectivity index (χ1) is 13.4. The zero-order valence-electron chi connectivity index (χ0n) is 16.0. The number of fused-ring (bicyclic) bond motifs is 2. The van der Waals surface area contributed by atoms with Gasteiger partial charge < -0.3 is 9.38 Å². The smallest absolute Gasteiger partial charge is 0.270 e. The van der Waals surface area contributed by atoms with Gasteiger partial charge in [0.05, 0.1) is 37.4 Å². The minimum atomic E-state index is -4.01. The zero-order valence-corrected chi connectivity index (χ0v) is 17.7. The highest BCUT2D eigenvalue weighted by Gasteiger charge is 2.53. The standard InChI is InChI=1S/C20H27N3O3S2/c24-28(25,26)14-17-11-22(20-18-7-3-4-8-19(18)27-21-20)9-10-23(17)12-15-5-1-2-6-16(15)13-23/h3-4,7-8,15-17H,1-2,5-6,9-14H2/p+1/t15-,16-,17?/m0/s1. The predicted molar refractivity (Wildman–Crippen MR) is 112 cm³/mol. The van der Waals surface area contributed by atoms with E-state index in [2.05, 4.69) is 21.4 Å². The summed E-state index contributed by atoms with van der Waals surface area (Å²) in [4.78, 5) is 2.25. The summed E-state index contributed by atoms with van der Waals surface area (Å²) in [6, 6.07) is 8.13. The molecule has 0 bridgehead atoms. The minimum absolute atomic E-state index is 0.0881. The molecule has 0 radical (unpaired) electrons. The summed E-state index contributed by atoms with van der Waals surface area (Å²) >= 11 is 1.50. The van der Waals surface area contributed by atoms with Crippen LogP contribution in [-0.2, 0) is 10.1 Å². The highest BCUT2D eigenvalue weighted by Crippen LogP contribution is 2.43. The van der Waals surface area contributed by atoms with Gasteiger partial charge in [-0.05, 0) is 36.5 Å². The summed E-state index contributed by atoms with van der Waals surface area (Å²) in [6.07, 6.45) is 5.18. The predicted octanol–water partition coefficient (Wildman–Crippen LogP) is 3.01. The molecule has 1 N–H and O–H groups in total. The first-order valence-corrected chi connectivity index (χ1v) is 12.7. The van der Waals surface area contributed by atoms with Crippen LogP contribution in [0.1, 0.15) is 25.7 Å². The van der Waals surface area contributed by atoms with Crippen molar-refractivity contribution < 1.29 is 17.5 Å². The van der Waals surface area contributed by atoms with Gasteiger partial charge in [0.2, 0.25) is 0 Å². The number of rotatable bonds is 3. The number of hydrogen-bond donors (Lipinski definition) is 1. The van der Waals surface area contributed by atoms with E-state index >= 15 is 0 Å². The molecular formula is C20H28N3O3S2+. The second kappa shape index (κ2) is 6.93. The Morgan fingerprint density at radius 1 is 1.18 bits per heavy atom. The molecule has 1 spiro atoms. The van der Waals surface area contributed by atoms with Gasteiger partial charge >= 0.3 is 0 Å². The van der Waals surface area contributed by atoms with Gasteiger partial charge in [-0.25, -0.2) is 0 Å². The van der Waals surface area contributed by atoms with Crippen molar-refractivity contribution in [3.8, 4) is 0 Å². The maximum absolute atomic E-state index is 11.9. The van der Waals surface area contributed by atoms with Crippen LogP contribution in [0.25, 0.3) is 10.1 Å². The number of hydrogen-bond acceptors (Lipinski definition) is 5. The average molecular weight is 423 g/mol. The van der Waals surface area contributed by atoms with E-state index in [-0.39, 0.29) is 11.8 Å². The Labute approximate surface area is 170 Å². The fourth-order valence-electron chi connectivity index (χ4n) is 6.02. The van der Waals surface area contributed by atoms with Gasteiger partial charge in [-0.1, -0.05) is 25.0 Å². The third kappa shape index (κ3) is 3.34. The Hall–Kier alpha value is -1.22. The molecule has 28 heavy (non-hydrogen) atoms. The number of nitrogens with zero attached hydrogens (tertiary/aromatic N) is 3. The Morgan fingerprint density at radius 3 is 2.61 bits per heavy atom. The van der Waals surface area contributed by atoms with E-state index in [4.69, 9.17) is 0 Å². The van der Waals surface area contributed by atoms with Crippen LogP contribution in [-0.4, -0.2) is 66.3 Å². The lowest BCUT2D eigenvalue weighted by Gasteiger charge is -2.48. The molecule has 2 saturated heterocycles. The summed E-state index contributed by atoms with van der Waals surface area (Å²) in [7, 11) is -4.01. The average Bonchev–Trinajstić information content (AvgIpc) is 3.24. The summed E-state index contributed by atoms with van der Waals surface area (Å²) in [5.74, 6) is 2.27. The van der Waals surface area contributed by atoms with Gasteiger partial charge in [-0.3, -0.25) is 4.55 Å². The van der Waals surface area contributed by atoms with Crippen molar-refractivity contribution in [2.75, 3.05) is 43.4 Å². The summed E-state index contributed by atoms with van der Waals surface area (Å²) in [5, 5.41) is 1.14. The molecule has 3 aliphatic rings. The van der Waals surface area contributed by atoms with Crippen molar-refractivity contribution in [2.24, 2.45) is 11.8 Å². The van der Waals surface area contributed by atoms with Crippen LogP contribution < -0.4 is 4.90 Å². The molecule has 1 unspecified atom stereocenters. The molecule has 8 heteroatoms. The lowest BCUT2D eigenvalue weighted by atomic mass is 9.82. The quantitative estimate of drug-likeness (QED) is 0.608. The third-order valence-electron chi connectivity index (χ3n) is 7.34. The molecule has 1 aliphatic carbocycles. The Bertz CT molecular complexity index is 960. The highest BCUT2D eigenvalue weighted by molar-refractivity contribution is 7.85. The molecule has 3 atom stereocenters. The summed E-state index contributed by atoms with van der Waals surface area (Å²) in [5.41, 5.74) is 0. The number of anilines is 1. The molecule has 1 aromatic heterocycles. The fraction of sp³-hybridized carbons (Fsp3) is 0.650. The van der Waals surface area contributed by atoms with Gasteiger partial charge in [0, 0.05) is 17.2 Å². The zero-order chi connectivity index (χ0) is 19.4. The van der Waals surface area contributed by atoms with Gasteiger partial charge in [0.15, 0.2) is 5.82 Å². The van der Waals surface area contributed by atoms with Gasteiger partial charge in [-0.15, -0.1) is 0 Å². The van der Waals surface area contributed by atoms with Crippen molar-refractivity contribution in [3.63, 3.8) is 0 Å². The van der Waals surface area contributed by atoms with Crippen molar-refractivity contribution in [1.82, 2.24) is 4.37 Å². The molecule has 1 saturated carbocycles. The molecule has 2 aromatic rings. The van der Waals surface area contributed by atoms with E-state index in [0.717, 1.165) is 58.4 Å². The number of aromatic nitrogens is 1. The monoisotopic (exact) mass is 422 g/mol. The maximum atomic E-state index is 11.9. The highest BCUT2D eigenvalue weighted by atomic mass is 32.2. The van der Waals surface area contributed by atoms with Crippen LogP contribution in [0.5, 0.6) is 0 Å². The van der Waals surface area contributed by atoms with E-state index < -0.39 is 10.1 Å². The topological polar surface area (TPSA) is 70.5 Å². The van der Waals surface area contributed by atoms with E-state index in [1.165, 1.54) is 37.2 Å². The van der Waals surface area contributed by atoms with E-state index in [1.54, 1.807) is 0 Å². The van der Waals surface area contributed by atoms with Crippen LogP contribution in [0, 0.1) is 11.8 Å². The van der Waals surface area contributed by atoms with Crippen LogP contribution in [0.15, 0.2) is 24.3 Å². The third-order valence-corrected chi connectivity index (χ3v) is 8.97. The van der Waals surface area contributed by atoms with Crippen LogP contribution in [0.2, 0.25) is 0 Å². The van der Waals surface area contributed by atoms with Gasteiger partial charge in [0.1, 0.15) is 11.8 Å². The van der Waals surface area contributed by atoms with E-state index in [0.29, 0.717) is 6.54 Å². The molecule has 3 heterocycles. The molecule has 5 rings (SSSR count). The maximum Gasteiger partial charge on any atom is 0.270 e. The largest absolute Gasteiger partial charge is 0.344 e. The molecule has 3 fully saturated rings. The number of benzene rings is 1. The summed E-state index contributed by atoms with van der Waals surface area (Å²) < 4.78 is 40.1. The Kier molecular flexibility index (Phi) is 4.65. The van der Waals surface area contributed by atoms with Crippen molar-refractivity contribution in [3.05, 3.63) is 24.3 Å². The van der Waals surface area contributed by atoms with Crippen molar-refractivity contribution in [2.45, 2.75) is 31.7 Å². The summed E-state index contributed by atoms with van der Waals surface area (Å²) in [6.45, 7) is 4.65. The molecule has 2 aliphatic heterocycles. The Balaban J connectivity index is 1.45. The lowest BCUT2D eigenvalue weighted by molar-refractivity contribution is -0.940. The van der Waals surface area contributed by atoms with E-state index in [1.807, 2.05) is 12.1 Å². The van der Waals surface area contributed by atoms with Crippen LogP contribution in [0.3, 0.4) is 0 Å². The fourth-order valence-corrected chi connectivity index (χ4v) is 7.73. The second-order valence-corrected chi connectivity index (χ2v) is 11.3. The first-order valence-electron chi connectivity index (χ1n) is 10.3. The lowest BCUT2D eigenvalue weighted by Crippen LogP contribution is -2.66. The van der Waals surface area contributed by atoms with Crippen LogP contribution in [0.4, 0.5) is 5.82 Å². The number of piperazine rings is 1. The SMILES string of the molecule is O=S(=O)(O)CC1CN(c2nsc3ccccc23)CC[N+]12C[C@@H]1CCCC[C@H]1C2. The molecule has 6 nitrogen and oxygen atoms in total. The second-order valence-electron chi connectivity index (χ2n) is 8.96. The normalized spacial score (nSPS) is 30.0. The van der Waals surface area contributed by atoms with Gasteiger partial charge in [0.25, 0.3) is 10.1 Å². The molecule has 0 amide bonds. The van der Waals surface area contributed by atoms with Crippen molar-refractivity contribution in [1.29, 1.82) is 0 Å². The van der Waals surface area contributed by atoms with Gasteiger partial charge in [-0.2, -0.15) is 12.8 Å². The minimum Gasteiger partial charge on any atom is -0.344 e. The van der Waals surface area contributed by atoms with Crippen LogP contribution >= 0.6 is 11.5 Å². The molecule has 1 aromatic carbocycles. The Morgan fingerprint density at radius 2 is 1.89 bits per heavy atom. The number of quaternary nitrogens is 1. The first kappa shape index (κ1) is 18.8. The molecule has 152 valence electrons.